The fourth-order valence-electron chi connectivity index (χ4n) is 0.814. The van der Waals surface area contributed by atoms with Crippen molar-refractivity contribution in [3.8, 4) is 5.75 Å². The van der Waals surface area contributed by atoms with E-state index in [0.717, 1.165) is 12.1 Å². The number of ketones is 1. The van der Waals surface area contributed by atoms with Gasteiger partial charge in [-0.15, -0.1) is 0 Å². The first-order valence-electron chi connectivity index (χ1n) is 3.30. The van der Waals surface area contributed by atoms with E-state index in [4.69, 9.17) is 5.11 Å². The summed E-state index contributed by atoms with van der Waals surface area (Å²) in [6.07, 6.45) is 1.02. The minimum absolute atomic E-state index is 0.0807. The highest BCUT2D eigenvalue weighted by molar-refractivity contribution is 6.04. The van der Waals surface area contributed by atoms with E-state index >= 15 is 0 Å². The van der Waals surface area contributed by atoms with Crippen molar-refractivity contribution in [1.82, 2.24) is 0 Å². The van der Waals surface area contributed by atoms with Gasteiger partial charge in [0.1, 0.15) is 11.6 Å². The summed E-state index contributed by atoms with van der Waals surface area (Å²) in [6, 6.07) is 3.35. The fourth-order valence-corrected chi connectivity index (χ4v) is 0.814. The van der Waals surface area contributed by atoms with E-state index in [1.54, 1.807) is 0 Å². The number of hydrogen-bond acceptors (Lipinski definition) is 2. The van der Waals surface area contributed by atoms with E-state index in [1.165, 1.54) is 12.1 Å². The number of aromatic hydroxyl groups is 1. The Morgan fingerprint density at radius 3 is 2.75 bits per heavy atom. The van der Waals surface area contributed by atoms with E-state index < -0.39 is 11.6 Å². The van der Waals surface area contributed by atoms with Gasteiger partial charge in [0, 0.05) is 6.07 Å². The Labute approximate surface area is 69.0 Å². The minimum Gasteiger partial charge on any atom is -0.508 e. The zero-order valence-corrected chi connectivity index (χ0v) is 6.25. The third-order valence-corrected chi connectivity index (χ3v) is 1.40. The Morgan fingerprint density at radius 2 is 2.25 bits per heavy atom. The lowest BCUT2D eigenvalue weighted by atomic mass is 10.1. The van der Waals surface area contributed by atoms with Crippen LogP contribution in [0.15, 0.2) is 30.9 Å². The highest BCUT2D eigenvalue weighted by Crippen LogP contribution is 2.15. The third kappa shape index (κ3) is 1.50. The molecule has 0 spiro atoms. The molecular weight excluding hydrogens is 159 g/mol. The van der Waals surface area contributed by atoms with E-state index in [2.05, 4.69) is 6.58 Å². The number of carbonyl (C=O) groups excluding carboxylic acids is 1. The smallest absolute Gasteiger partial charge is 0.188 e. The Hall–Kier alpha value is -1.64. The Bertz CT molecular complexity index is 331. The molecule has 2 nitrogen and oxygen atoms in total. The molecule has 1 aromatic carbocycles. The molecule has 3 heteroatoms. The second kappa shape index (κ2) is 3.17. The van der Waals surface area contributed by atoms with Crippen LogP contribution in [0.1, 0.15) is 10.4 Å². The van der Waals surface area contributed by atoms with Crippen LogP contribution in [0, 0.1) is 5.82 Å². The van der Waals surface area contributed by atoms with Gasteiger partial charge in [-0.25, -0.2) is 4.39 Å². The van der Waals surface area contributed by atoms with Gasteiger partial charge in [-0.2, -0.15) is 0 Å². The minimum atomic E-state index is -0.736. The quantitative estimate of drug-likeness (QED) is 0.538. The highest BCUT2D eigenvalue weighted by Gasteiger charge is 2.07. The van der Waals surface area contributed by atoms with Crippen molar-refractivity contribution in [2.75, 3.05) is 0 Å². The summed E-state index contributed by atoms with van der Waals surface area (Å²) in [5.74, 6) is -1.43. The molecule has 0 aliphatic carbocycles. The molecule has 0 aromatic heterocycles. The summed E-state index contributed by atoms with van der Waals surface area (Å²) in [7, 11) is 0. The molecule has 1 rings (SSSR count). The molecule has 0 heterocycles. The van der Waals surface area contributed by atoms with E-state index in [1.807, 2.05) is 0 Å². The maximum absolute atomic E-state index is 12.9. The molecule has 62 valence electrons. The van der Waals surface area contributed by atoms with Crippen molar-refractivity contribution in [1.29, 1.82) is 0 Å². The molecule has 0 radical (unpaired) electrons. The number of benzene rings is 1. The summed E-state index contributed by atoms with van der Waals surface area (Å²) in [5, 5.41) is 8.81. The van der Waals surface area contributed by atoms with Gasteiger partial charge >= 0.3 is 0 Å². The zero-order chi connectivity index (χ0) is 9.14. The van der Waals surface area contributed by atoms with Gasteiger partial charge in [-0.05, 0) is 18.2 Å². The lowest BCUT2D eigenvalue weighted by Gasteiger charge is -1.97. The molecule has 0 aliphatic heterocycles. The van der Waals surface area contributed by atoms with Crippen molar-refractivity contribution in [3.63, 3.8) is 0 Å². The van der Waals surface area contributed by atoms with Gasteiger partial charge in [-0.3, -0.25) is 4.79 Å². The number of allylic oxidation sites excluding steroid dienone is 1. The van der Waals surface area contributed by atoms with E-state index in [9.17, 15) is 9.18 Å². The highest BCUT2D eigenvalue weighted by atomic mass is 19.1. The van der Waals surface area contributed by atoms with Crippen LogP contribution < -0.4 is 0 Å². The second-order valence-electron chi connectivity index (χ2n) is 2.23. The van der Waals surface area contributed by atoms with Crippen LogP contribution >= 0.6 is 0 Å². The van der Waals surface area contributed by atoms with Crippen LogP contribution in [0.5, 0.6) is 5.75 Å². The van der Waals surface area contributed by atoms with Gasteiger partial charge in [0.25, 0.3) is 0 Å². The lowest BCUT2D eigenvalue weighted by molar-refractivity contribution is 0.104. The maximum Gasteiger partial charge on any atom is 0.188 e. The van der Waals surface area contributed by atoms with Crippen LogP contribution in [0.4, 0.5) is 4.39 Å². The first-order valence-corrected chi connectivity index (χ1v) is 3.30. The molecular formula is C9H7FO2. The monoisotopic (exact) mass is 166 g/mol. The molecule has 1 N–H and O–H groups in total. The van der Waals surface area contributed by atoms with Gasteiger partial charge < -0.3 is 5.11 Å². The predicted octanol–water partition coefficient (Wildman–Crippen LogP) is 1.90. The maximum atomic E-state index is 12.9. The molecule has 12 heavy (non-hydrogen) atoms. The van der Waals surface area contributed by atoms with Crippen molar-refractivity contribution < 1.29 is 14.3 Å². The van der Waals surface area contributed by atoms with Crippen molar-refractivity contribution >= 4 is 5.78 Å². The van der Waals surface area contributed by atoms with Gasteiger partial charge in [0.15, 0.2) is 5.78 Å². The molecule has 0 fully saturated rings. The van der Waals surface area contributed by atoms with E-state index in [-0.39, 0.29) is 11.3 Å². The average Bonchev–Trinajstić information content (AvgIpc) is 2.03. The van der Waals surface area contributed by atoms with Crippen LogP contribution in [0.3, 0.4) is 0 Å². The summed E-state index contributed by atoms with van der Waals surface area (Å²) in [6.45, 7) is 3.22. The molecule has 0 saturated carbocycles. The normalized spacial score (nSPS) is 9.42. The summed E-state index contributed by atoms with van der Waals surface area (Å²) in [5.41, 5.74) is -0.0807. The van der Waals surface area contributed by atoms with Crippen molar-refractivity contribution in [2.45, 2.75) is 0 Å². The standard InChI is InChI=1S/C9H7FO2/c1-2-9(12)7-4-3-6(11)5-8(7)10/h2-5,11H,1H2. The van der Waals surface area contributed by atoms with Crippen molar-refractivity contribution in [3.05, 3.63) is 42.2 Å². The predicted molar refractivity (Wildman–Crippen MR) is 42.6 cm³/mol. The van der Waals surface area contributed by atoms with Crippen LogP contribution in [0.25, 0.3) is 0 Å². The lowest BCUT2D eigenvalue weighted by Crippen LogP contribution is -1.97. The number of halogens is 1. The number of carbonyl (C=O) groups is 1. The number of phenols is 1. The van der Waals surface area contributed by atoms with Gasteiger partial charge in [0.2, 0.25) is 0 Å². The SMILES string of the molecule is C=CC(=O)c1ccc(O)cc1F. The van der Waals surface area contributed by atoms with E-state index in [0.29, 0.717) is 0 Å². The zero-order valence-electron chi connectivity index (χ0n) is 6.25. The topological polar surface area (TPSA) is 37.3 Å². The molecule has 0 bridgehead atoms. The first-order chi connectivity index (χ1) is 5.65. The third-order valence-electron chi connectivity index (χ3n) is 1.40. The number of hydrogen-bond donors (Lipinski definition) is 1. The first kappa shape index (κ1) is 8.46. The Morgan fingerprint density at radius 1 is 1.58 bits per heavy atom. The molecule has 0 atom stereocenters. The van der Waals surface area contributed by atoms with Crippen LogP contribution in [0.2, 0.25) is 0 Å². The largest absolute Gasteiger partial charge is 0.508 e. The summed E-state index contributed by atoms with van der Waals surface area (Å²) in [4.78, 5) is 10.9. The summed E-state index contributed by atoms with van der Waals surface area (Å²) < 4.78 is 12.9. The van der Waals surface area contributed by atoms with Gasteiger partial charge in [-0.1, -0.05) is 6.58 Å². The Balaban J connectivity index is 3.18. The average molecular weight is 166 g/mol. The fraction of sp³-hybridized carbons (Fsp3) is 0. The number of phenolic OH excluding ortho intramolecular Hbond substituents is 1. The second-order valence-corrected chi connectivity index (χ2v) is 2.23. The molecule has 0 unspecified atom stereocenters. The van der Waals surface area contributed by atoms with Crippen LogP contribution in [-0.4, -0.2) is 10.9 Å². The molecule has 0 amide bonds. The molecule has 0 saturated heterocycles. The number of rotatable bonds is 2. The molecule has 1 aromatic rings. The summed E-state index contributed by atoms with van der Waals surface area (Å²) >= 11 is 0. The van der Waals surface area contributed by atoms with Gasteiger partial charge in [0.05, 0.1) is 5.56 Å². The van der Waals surface area contributed by atoms with Crippen LogP contribution in [-0.2, 0) is 0 Å². The Kier molecular flexibility index (Phi) is 2.24. The van der Waals surface area contributed by atoms with Crippen molar-refractivity contribution in [2.24, 2.45) is 0 Å². The molecule has 0 aliphatic rings.